The molecule has 0 amide bonds. The normalized spacial score (nSPS) is 10.3. The molecule has 2 N–H and O–H groups in total. The van der Waals surface area contributed by atoms with Gasteiger partial charge in [-0.2, -0.15) is 11.3 Å². The second kappa shape index (κ2) is 4.32. The first-order chi connectivity index (χ1) is 7.18. The van der Waals surface area contributed by atoms with Crippen LogP contribution in [0.2, 0.25) is 5.02 Å². The van der Waals surface area contributed by atoms with E-state index in [0.717, 1.165) is 5.56 Å². The first-order valence-corrected chi connectivity index (χ1v) is 5.54. The van der Waals surface area contributed by atoms with E-state index in [2.05, 4.69) is 4.98 Å². The number of thiophene rings is 1. The van der Waals surface area contributed by atoms with Crippen LogP contribution in [0.15, 0.2) is 29.1 Å². The van der Waals surface area contributed by atoms with Gasteiger partial charge in [0, 0.05) is 22.6 Å². The van der Waals surface area contributed by atoms with E-state index in [9.17, 15) is 0 Å². The summed E-state index contributed by atoms with van der Waals surface area (Å²) in [5, 5.41) is 22.1. The molecule has 0 saturated carbocycles. The third-order valence-corrected chi connectivity index (χ3v) is 2.93. The average molecular weight is 239 g/mol. The predicted molar refractivity (Wildman–Crippen MR) is 62.4 cm³/mol. The Morgan fingerprint density at radius 2 is 2.20 bits per heavy atom. The lowest BCUT2D eigenvalue weighted by atomic mass is 9.81. The summed E-state index contributed by atoms with van der Waals surface area (Å²) in [6.45, 7) is 0. The minimum absolute atomic E-state index is 0.291. The van der Waals surface area contributed by atoms with Gasteiger partial charge >= 0.3 is 7.12 Å². The maximum atomic E-state index is 8.93. The van der Waals surface area contributed by atoms with Crippen LogP contribution in [0.1, 0.15) is 0 Å². The highest BCUT2D eigenvalue weighted by Gasteiger charge is 2.14. The summed E-state index contributed by atoms with van der Waals surface area (Å²) >= 11 is 7.54. The summed E-state index contributed by atoms with van der Waals surface area (Å²) in [4.78, 5) is 4.10. The lowest BCUT2D eigenvalue weighted by Gasteiger charge is -2.03. The van der Waals surface area contributed by atoms with Crippen molar-refractivity contribution in [1.29, 1.82) is 0 Å². The highest BCUT2D eigenvalue weighted by atomic mass is 35.5. The maximum Gasteiger partial charge on any atom is 0.490 e. The molecule has 0 atom stereocenters. The highest BCUT2D eigenvalue weighted by molar-refractivity contribution is 7.08. The fourth-order valence-electron chi connectivity index (χ4n) is 1.21. The zero-order valence-corrected chi connectivity index (χ0v) is 9.16. The fraction of sp³-hybridized carbons (Fsp3) is 0. The topological polar surface area (TPSA) is 53.4 Å². The predicted octanol–water partition coefficient (Wildman–Crippen LogP) is 1.14. The molecule has 2 aromatic heterocycles. The molecule has 0 saturated heterocycles. The third kappa shape index (κ3) is 2.21. The molecule has 0 fully saturated rings. The number of halogens is 1. The van der Waals surface area contributed by atoms with E-state index in [1.165, 1.54) is 12.3 Å². The van der Waals surface area contributed by atoms with Gasteiger partial charge in [0.25, 0.3) is 0 Å². The van der Waals surface area contributed by atoms with Gasteiger partial charge in [0.1, 0.15) is 0 Å². The smallest absolute Gasteiger partial charge is 0.423 e. The van der Waals surface area contributed by atoms with E-state index in [0.29, 0.717) is 16.2 Å². The van der Waals surface area contributed by atoms with Crippen molar-refractivity contribution in [2.24, 2.45) is 0 Å². The Balaban J connectivity index is 2.44. The van der Waals surface area contributed by atoms with Crippen molar-refractivity contribution in [3.8, 4) is 11.3 Å². The van der Waals surface area contributed by atoms with Crippen molar-refractivity contribution in [3.63, 3.8) is 0 Å². The lowest BCUT2D eigenvalue weighted by molar-refractivity contribution is 0.425. The zero-order chi connectivity index (χ0) is 10.8. The summed E-state index contributed by atoms with van der Waals surface area (Å²) in [5.41, 5.74) is 1.88. The van der Waals surface area contributed by atoms with E-state index in [1.54, 1.807) is 11.3 Å². The number of hydrogen-bond donors (Lipinski definition) is 2. The second-order valence-electron chi connectivity index (χ2n) is 2.98. The molecule has 2 heterocycles. The Hall–Kier alpha value is -0.875. The molecule has 0 unspecified atom stereocenters. The molecule has 0 aliphatic heterocycles. The molecule has 6 heteroatoms. The SMILES string of the molecule is OB(O)c1cnc(-c2ccsc2)c(Cl)c1. The summed E-state index contributed by atoms with van der Waals surface area (Å²) in [6, 6.07) is 3.42. The Bertz CT molecular complexity index is 461. The van der Waals surface area contributed by atoms with Crippen LogP contribution in [0.25, 0.3) is 11.3 Å². The van der Waals surface area contributed by atoms with E-state index >= 15 is 0 Å². The van der Waals surface area contributed by atoms with Crippen molar-refractivity contribution in [1.82, 2.24) is 4.98 Å². The first kappa shape index (κ1) is 10.6. The van der Waals surface area contributed by atoms with Gasteiger partial charge in [-0.05, 0) is 17.5 Å². The molecule has 0 aromatic carbocycles. The van der Waals surface area contributed by atoms with Gasteiger partial charge in [-0.25, -0.2) is 0 Å². The number of aromatic nitrogens is 1. The Morgan fingerprint density at radius 3 is 2.73 bits per heavy atom. The van der Waals surface area contributed by atoms with Crippen LogP contribution in [-0.2, 0) is 0 Å². The van der Waals surface area contributed by atoms with Gasteiger partial charge in [-0.3, -0.25) is 4.98 Å². The van der Waals surface area contributed by atoms with Crippen LogP contribution >= 0.6 is 22.9 Å². The van der Waals surface area contributed by atoms with Crippen LogP contribution in [0.4, 0.5) is 0 Å². The first-order valence-electron chi connectivity index (χ1n) is 4.22. The molecule has 3 nitrogen and oxygen atoms in total. The molecule has 0 spiro atoms. The van der Waals surface area contributed by atoms with E-state index in [1.807, 2.05) is 16.8 Å². The summed E-state index contributed by atoms with van der Waals surface area (Å²) in [6.07, 6.45) is 1.41. The molecule has 0 aliphatic carbocycles. The molecular formula is C9H7BClNO2S. The quantitative estimate of drug-likeness (QED) is 0.773. The molecule has 76 valence electrons. The van der Waals surface area contributed by atoms with Gasteiger partial charge in [-0.15, -0.1) is 0 Å². The second-order valence-corrected chi connectivity index (χ2v) is 4.17. The van der Waals surface area contributed by atoms with E-state index in [-0.39, 0.29) is 0 Å². The number of rotatable bonds is 2. The fourth-order valence-corrected chi connectivity index (χ4v) is 2.13. The van der Waals surface area contributed by atoms with Crippen LogP contribution in [0.3, 0.4) is 0 Å². The van der Waals surface area contributed by atoms with Crippen LogP contribution < -0.4 is 5.46 Å². The van der Waals surface area contributed by atoms with Gasteiger partial charge < -0.3 is 10.0 Å². The molecule has 0 aliphatic rings. The molecule has 15 heavy (non-hydrogen) atoms. The molecule has 0 radical (unpaired) electrons. The van der Waals surface area contributed by atoms with Crippen molar-refractivity contribution in [3.05, 3.63) is 34.1 Å². The minimum Gasteiger partial charge on any atom is -0.423 e. The highest BCUT2D eigenvalue weighted by Crippen LogP contribution is 2.26. The Labute approximate surface area is 96.1 Å². The van der Waals surface area contributed by atoms with Crippen molar-refractivity contribution in [2.45, 2.75) is 0 Å². The van der Waals surface area contributed by atoms with Gasteiger partial charge in [0.2, 0.25) is 0 Å². The molecular weight excluding hydrogens is 232 g/mol. The largest absolute Gasteiger partial charge is 0.490 e. The van der Waals surface area contributed by atoms with Crippen LogP contribution in [-0.4, -0.2) is 22.2 Å². The zero-order valence-electron chi connectivity index (χ0n) is 7.59. The molecule has 0 bridgehead atoms. The summed E-state index contributed by atoms with van der Waals surface area (Å²) < 4.78 is 0. The van der Waals surface area contributed by atoms with E-state index in [4.69, 9.17) is 21.6 Å². The minimum atomic E-state index is -1.54. The van der Waals surface area contributed by atoms with Crippen molar-refractivity contribution < 1.29 is 10.0 Å². The van der Waals surface area contributed by atoms with Gasteiger partial charge in [0.15, 0.2) is 0 Å². The maximum absolute atomic E-state index is 8.93. The van der Waals surface area contributed by atoms with Crippen LogP contribution in [0.5, 0.6) is 0 Å². The Morgan fingerprint density at radius 1 is 1.40 bits per heavy atom. The molecule has 2 aromatic rings. The average Bonchev–Trinajstić information content (AvgIpc) is 2.70. The third-order valence-electron chi connectivity index (χ3n) is 1.96. The summed E-state index contributed by atoms with van der Waals surface area (Å²) in [7, 11) is -1.54. The molecule has 2 rings (SSSR count). The van der Waals surface area contributed by atoms with Crippen molar-refractivity contribution in [2.75, 3.05) is 0 Å². The standard InChI is InChI=1S/C9H7BClNO2S/c11-8-3-7(10(13)14)4-12-9(8)6-1-2-15-5-6/h1-5,13-14H. The monoisotopic (exact) mass is 239 g/mol. The van der Waals surface area contributed by atoms with Gasteiger partial charge in [-0.1, -0.05) is 11.6 Å². The van der Waals surface area contributed by atoms with Crippen LogP contribution in [0, 0.1) is 0 Å². The lowest BCUT2D eigenvalue weighted by Crippen LogP contribution is -2.30. The van der Waals surface area contributed by atoms with Gasteiger partial charge in [0.05, 0.1) is 10.7 Å². The summed E-state index contributed by atoms with van der Waals surface area (Å²) in [5.74, 6) is 0. The number of pyridine rings is 1. The number of nitrogens with zero attached hydrogens (tertiary/aromatic N) is 1. The Kier molecular flexibility index (Phi) is 3.07. The van der Waals surface area contributed by atoms with Crippen molar-refractivity contribution >= 4 is 35.5 Å². The number of hydrogen-bond acceptors (Lipinski definition) is 4. The van der Waals surface area contributed by atoms with E-state index < -0.39 is 7.12 Å².